The standard InChI is InChI=1S/C29H33F3N6O/c1-17-14-19(18-10-12-38(4)13-11-18)8-9-22(17)36-27-34-16-21(29(30,31)32)25(37-27)33-15-20-6-5-7-23-24(20)28(2,3)26(39)35-23/h5-9,14,16,18H,10-13,15H2,1-4H3,(H,35,39)(H2,33,34,36,37). The van der Waals surface area contributed by atoms with Gasteiger partial charge < -0.3 is 20.9 Å². The van der Waals surface area contributed by atoms with Gasteiger partial charge in [-0.05, 0) is 94.1 Å². The van der Waals surface area contributed by atoms with Crippen LogP contribution in [0.3, 0.4) is 0 Å². The zero-order chi connectivity index (χ0) is 27.9. The van der Waals surface area contributed by atoms with Crippen LogP contribution in [0.15, 0.2) is 42.6 Å². The number of aryl methyl sites for hydroxylation is 1. The molecule has 3 N–H and O–H groups in total. The number of carbonyl (C=O) groups is 1. The highest BCUT2D eigenvalue weighted by molar-refractivity contribution is 6.06. The van der Waals surface area contributed by atoms with Crippen LogP contribution < -0.4 is 16.0 Å². The third-order valence-electron chi connectivity index (χ3n) is 7.82. The lowest BCUT2D eigenvalue weighted by atomic mass is 9.83. The third kappa shape index (κ3) is 5.43. The Balaban J connectivity index is 1.38. The average Bonchev–Trinajstić information content (AvgIpc) is 3.12. The molecule has 39 heavy (non-hydrogen) atoms. The zero-order valence-electron chi connectivity index (χ0n) is 22.5. The Morgan fingerprint density at radius 2 is 1.90 bits per heavy atom. The summed E-state index contributed by atoms with van der Waals surface area (Å²) in [6.07, 6.45) is -1.64. The lowest BCUT2D eigenvalue weighted by Crippen LogP contribution is -2.29. The highest BCUT2D eigenvalue weighted by Gasteiger charge is 2.40. The molecule has 2 aromatic carbocycles. The van der Waals surface area contributed by atoms with Gasteiger partial charge >= 0.3 is 6.18 Å². The molecule has 1 fully saturated rings. The van der Waals surface area contributed by atoms with Crippen LogP contribution in [0, 0.1) is 6.92 Å². The van der Waals surface area contributed by atoms with Crippen LogP contribution in [0.2, 0.25) is 0 Å². The molecule has 0 atom stereocenters. The van der Waals surface area contributed by atoms with Gasteiger partial charge in [0, 0.05) is 24.1 Å². The Morgan fingerprint density at radius 3 is 2.59 bits per heavy atom. The second kappa shape index (κ2) is 10.1. The smallest absolute Gasteiger partial charge is 0.365 e. The first-order valence-electron chi connectivity index (χ1n) is 13.1. The summed E-state index contributed by atoms with van der Waals surface area (Å²) in [5.74, 6) is 0.0954. The van der Waals surface area contributed by atoms with Crippen molar-refractivity contribution in [1.29, 1.82) is 0 Å². The number of alkyl halides is 3. The predicted octanol–water partition coefficient (Wildman–Crippen LogP) is 6.20. The van der Waals surface area contributed by atoms with E-state index in [-0.39, 0.29) is 24.2 Å². The van der Waals surface area contributed by atoms with Crippen molar-refractivity contribution in [3.8, 4) is 0 Å². The summed E-state index contributed by atoms with van der Waals surface area (Å²) in [5, 5.41) is 8.80. The fraction of sp³-hybridized carbons (Fsp3) is 0.414. The van der Waals surface area contributed by atoms with Gasteiger partial charge in [0.2, 0.25) is 11.9 Å². The van der Waals surface area contributed by atoms with Gasteiger partial charge in [0.15, 0.2) is 0 Å². The number of halogens is 3. The van der Waals surface area contributed by atoms with Gasteiger partial charge in [0.05, 0.1) is 5.41 Å². The monoisotopic (exact) mass is 538 g/mol. The number of aromatic nitrogens is 2. The molecule has 1 aromatic heterocycles. The molecule has 2 aliphatic rings. The summed E-state index contributed by atoms with van der Waals surface area (Å²) >= 11 is 0. The number of fused-ring (bicyclic) bond motifs is 1. The molecule has 2 aliphatic heterocycles. The van der Waals surface area contributed by atoms with Gasteiger partial charge in [-0.2, -0.15) is 18.2 Å². The fourth-order valence-electron chi connectivity index (χ4n) is 5.49. The number of rotatable bonds is 6. The molecule has 0 bridgehead atoms. The number of amides is 1. The first kappa shape index (κ1) is 26.9. The van der Waals surface area contributed by atoms with Crippen molar-refractivity contribution < 1.29 is 18.0 Å². The zero-order valence-corrected chi connectivity index (χ0v) is 22.5. The predicted molar refractivity (Wildman–Crippen MR) is 146 cm³/mol. The van der Waals surface area contributed by atoms with Crippen LogP contribution in [0.25, 0.3) is 0 Å². The summed E-state index contributed by atoms with van der Waals surface area (Å²) in [6.45, 7) is 7.75. The number of nitrogens with one attached hydrogen (secondary N) is 3. The maximum atomic E-state index is 13.8. The van der Waals surface area contributed by atoms with Crippen LogP contribution in [-0.4, -0.2) is 40.9 Å². The van der Waals surface area contributed by atoms with E-state index < -0.39 is 17.2 Å². The molecule has 5 rings (SSSR count). The van der Waals surface area contributed by atoms with E-state index in [1.165, 1.54) is 5.56 Å². The van der Waals surface area contributed by atoms with E-state index in [2.05, 4.69) is 50.0 Å². The van der Waals surface area contributed by atoms with Crippen molar-refractivity contribution in [2.75, 3.05) is 36.1 Å². The second-order valence-electron chi connectivity index (χ2n) is 11.0. The van der Waals surface area contributed by atoms with E-state index in [9.17, 15) is 18.0 Å². The number of carbonyl (C=O) groups excluding carboxylic acids is 1. The number of hydrogen-bond acceptors (Lipinski definition) is 6. The van der Waals surface area contributed by atoms with E-state index in [1.807, 2.05) is 13.0 Å². The van der Waals surface area contributed by atoms with Crippen LogP contribution in [-0.2, 0) is 22.9 Å². The Kier molecular flexibility index (Phi) is 7.00. The molecule has 3 heterocycles. The second-order valence-corrected chi connectivity index (χ2v) is 11.0. The molecule has 206 valence electrons. The third-order valence-corrected chi connectivity index (χ3v) is 7.82. The molecule has 10 heteroatoms. The Labute approximate surface area is 226 Å². The van der Waals surface area contributed by atoms with Gasteiger partial charge in [0.1, 0.15) is 11.4 Å². The van der Waals surface area contributed by atoms with E-state index in [0.29, 0.717) is 11.6 Å². The number of nitrogens with zero attached hydrogens (tertiary/aromatic N) is 3. The number of anilines is 4. The highest BCUT2D eigenvalue weighted by Crippen LogP contribution is 2.40. The SMILES string of the molecule is Cc1cc(C2CCN(C)CC2)ccc1Nc1ncc(C(F)(F)F)c(NCc2cccc3c2C(C)(C)C(=O)N3)n1. The summed E-state index contributed by atoms with van der Waals surface area (Å²) < 4.78 is 41.5. The van der Waals surface area contributed by atoms with Crippen LogP contribution in [0.5, 0.6) is 0 Å². The Bertz CT molecular complexity index is 1400. The van der Waals surface area contributed by atoms with Gasteiger partial charge in [0.25, 0.3) is 0 Å². The molecule has 0 aliphatic carbocycles. The number of hydrogen-bond donors (Lipinski definition) is 3. The maximum absolute atomic E-state index is 13.8. The quantitative estimate of drug-likeness (QED) is 0.347. The molecule has 0 unspecified atom stereocenters. The van der Waals surface area contributed by atoms with Gasteiger partial charge in [-0.3, -0.25) is 4.79 Å². The van der Waals surface area contributed by atoms with Crippen molar-refractivity contribution in [1.82, 2.24) is 14.9 Å². The maximum Gasteiger partial charge on any atom is 0.421 e. The van der Waals surface area contributed by atoms with E-state index in [4.69, 9.17) is 0 Å². The molecule has 0 radical (unpaired) electrons. The lowest BCUT2D eigenvalue weighted by molar-refractivity contribution is -0.137. The molecular formula is C29H33F3N6O. The topological polar surface area (TPSA) is 82.2 Å². The Hall–Kier alpha value is -3.66. The lowest BCUT2D eigenvalue weighted by Gasteiger charge is -2.29. The molecule has 7 nitrogen and oxygen atoms in total. The van der Waals surface area contributed by atoms with Crippen molar-refractivity contribution in [3.63, 3.8) is 0 Å². The summed E-state index contributed by atoms with van der Waals surface area (Å²) in [6, 6.07) is 11.5. The van der Waals surface area contributed by atoms with E-state index in [1.54, 1.807) is 32.0 Å². The fourth-order valence-corrected chi connectivity index (χ4v) is 5.49. The van der Waals surface area contributed by atoms with Crippen LogP contribution >= 0.6 is 0 Å². The number of piperidine rings is 1. The van der Waals surface area contributed by atoms with Crippen molar-refractivity contribution in [3.05, 3.63) is 70.4 Å². The van der Waals surface area contributed by atoms with Crippen molar-refractivity contribution >= 4 is 29.0 Å². The number of likely N-dealkylation sites (tertiary alicyclic amines) is 1. The minimum Gasteiger partial charge on any atom is -0.365 e. The normalized spacial score (nSPS) is 17.6. The number of benzene rings is 2. The first-order valence-corrected chi connectivity index (χ1v) is 13.1. The van der Waals surface area contributed by atoms with Crippen molar-refractivity contribution in [2.24, 2.45) is 0 Å². The molecule has 0 spiro atoms. The minimum absolute atomic E-state index is 0.0609. The largest absolute Gasteiger partial charge is 0.421 e. The van der Waals surface area contributed by atoms with Gasteiger partial charge in [-0.25, -0.2) is 4.98 Å². The summed E-state index contributed by atoms with van der Waals surface area (Å²) in [5.41, 5.74) is 3.39. The van der Waals surface area contributed by atoms with Gasteiger partial charge in [-0.15, -0.1) is 0 Å². The summed E-state index contributed by atoms with van der Waals surface area (Å²) in [4.78, 5) is 22.9. The van der Waals surface area contributed by atoms with Gasteiger partial charge in [-0.1, -0.05) is 24.3 Å². The molecule has 3 aromatic rings. The highest BCUT2D eigenvalue weighted by atomic mass is 19.4. The minimum atomic E-state index is -4.64. The molecule has 0 saturated carbocycles. The Morgan fingerprint density at radius 1 is 1.15 bits per heavy atom. The van der Waals surface area contributed by atoms with Crippen LogP contribution in [0.1, 0.15) is 60.4 Å². The average molecular weight is 539 g/mol. The summed E-state index contributed by atoms with van der Waals surface area (Å²) in [7, 11) is 2.13. The molecule has 1 saturated heterocycles. The first-order chi connectivity index (χ1) is 18.4. The van der Waals surface area contributed by atoms with E-state index >= 15 is 0 Å². The molecular weight excluding hydrogens is 505 g/mol. The molecule has 1 amide bonds. The van der Waals surface area contributed by atoms with Crippen molar-refractivity contribution in [2.45, 2.75) is 57.7 Å². The van der Waals surface area contributed by atoms with Crippen LogP contribution in [0.4, 0.5) is 36.3 Å². The van der Waals surface area contributed by atoms with E-state index in [0.717, 1.165) is 54.5 Å².